The van der Waals surface area contributed by atoms with Crippen LogP contribution in [0.15, 0.2) is 78.4 Å². The predicted molar refractivity (Wildman–Crippen MR) is 137 cm³/mol. The summed E-state index contributed by atoms with van der Waals surface area (Å²) in [6.07, 6.45) is 7.62. The van der Waals surface area contributed by atoms with Crippen LogP contribution in [0.25, 0.3) is 17.2 Å². The van der Waals surface area contributed by atoms with E-state index >= 15 is 0 Å². The molecular weight excluding hydrogens is 439 g/mol. The minimum atomic E-state index is -0.888. The molecule has 3 aromatic rings. The fraction of sp³-hybridized carbons (Fsp3) is 0.258. The molecule has 0 radical (unpaired) electrons. The van der Waals surface area contributed by atoms with Crippen LogP contribution in [0.5, 0.6) is 5.75 Å². The van der Waals surface area contributed by atoms with Gasteiger partial charge in [0.05, 0.1) is 6.42 Å². The Bertz CT molecular complexity index is 1280. The predicted octanol–water partition coefficient (Wildman–Crippen LogP) is 7.77. The van der Waals surface area contributed by atoms with Crippen molar-refractivity contribution in [2.75, 3.05) is 0 Å². The van der Waals surface area contributed by atoms with Gasteiger partial charge in [0.25, 0.3) is 0 Å². The molecule has 1 saturated carbocycles. The van der Waals surface area contributed by atoms with E-state index in [-0.39, 0.29) is 12.2 Å². The third kappa shape index (κ3) is 5.37. The lowest BCUT2D eigenvalue weighted by molar-refractivity contribution is -0.135. The lowest BCUT2D eigenvalue weighted by Crippen LogP contribution is -2.01. The molecule has 3 aromatic carbocycles. The van der Waals surface area contributed by atoms with Crippen molar-refractivity contribution in [1.82, 2.24) is 0 Å². The molecule has 0 bridgehead atoms. The number of rotatable bonds is 8. The van der Waals surface area contributed by atoms with Gasteiger partial charge in [0.1, 0.15) is 18.2 Å². The van der Waals surface area contributed by atoms with Gasteiger partial charge in [0, 0.05) is 0 Å². The van der Waals surface area contributed by atoms with Crippen LogP contribution in [0.3, 0.4) is 0 Å². The van der Waals surface area contributed by atoms with Crippen molar-refractivity contribution in [3.05, 3.63) is 106 Å². The Balaban J connectivity index is 1.51. The van der Waals surface area contributed by atoms with Crippen molar-refractivity contribution in [2.24, 2.45) is 5.92 Å². The molecule has 0 amide bonds. The smallest absolute Gasteiger partial charge is 0.307 e. The first kappa shape index (κ1) is 23.1. The SMILES string of the molecule is O=C(O)CC1=C(CC2CCCC2)/C(=C/c2cccc(COc3ccccc3)c2)c2ccc(F)cc21. The Kier molecular flexibility index (Phi) is 6.80. The maximum Gasteiger partial charge on any atom is 0.307 e. The highest BCUT2D eigenvalue weighted by Gasteiger charge is 2.30. The van der Waals surface area contributed by atoms with Crippen molar-refractivity contribution in [1.29, 1.82) is 0 Å². The number of halogens is 1. The van der Waals surface area contributed by atoms with E-state index in [1.54, 1.807) is 6.07 Å². The normalized spacial score (nSPS) is 16.7. The Morgan fingerprint density at radius 2 is 1.74 bits per heavy atom. The summed E-state index contributed by atoms with van der Waals surface area (Å²) in [5.74, 6) is 0.138. The fourth-order valence-electron chi connectivity index (χ4n) is 5.37. The summed E-state index contributed by atoms with van der Waals surface area (Å²) >= 11 is 0. The molecule has 0 unspecified atom stereocenters. The average molecular weight is 469 g/mol. The minimum Gasteiger partial charge on any atom is -0.489 e. The summed E-state index contributed by atoms with van der Waals surface area (Å²) in [5.41, 5.74) is 6.54. The molecule has 5 rings (SSSR count). The van der Waals surface area contributed by atoms with Crippen LogP contribution in [-0.4, -0.2) is 11.1 Å². The van der Waals surface area contributed by atoms with Crippen molar-refractivity contribution in [3.63, 3.8) is 0 Å². The van der Waals surface area contributed by atoms with E-state index in [9.17, 15) is 14.3 Å². The molecule has 0 aliphatic heterocycles. The molecule has 0 spiro atoms. The van der Waals surface area contributed by atoms with Gasteiger partial charge in [0.2, 0.25) is 0 Å². The Hall–Kier alpha value is -3.66. The first-order chi connectivity index (χ1) is 17.1. The minimum absolute atomic E-state index is 0.0964. The molecule has 3 nitrogen and oxygen atoms in total. The highest BCUT2D eigenvalue weighted by Crippen LogP contribution is 2.48. The van der Waals surface area contributed by atoms with E-state index in [2.05, 4.69) is 12.1 Å². The number of ether oxygens (including phenoxy) is 1. The van der Waals surface area contributed by atoms with Gasteiger partial charge in [0.15, 0.2) is 0 Å². The van der Waals surface area contributed by atoms with Crippen LogP contribution in [0.2, 0.25) is 0 Å². The number of carboxylic acid groups (broad SMARTS) is 1. The van der Waals surface area contributed by atoms with Crippen LogP contribution < -0.4 is 4.74 Å². The van der Waals surface area contributed by atoms with E-state index < -0.39 is 5.97 Å². The number of hydrogen-bond acceptors (Lipinski definition) is 2. The average Bonchev–Trinajstić information content (AvgIpc) is 3.46. The summed E-state index contributed by atoms with van der Waals surface area (Å²) in [5, 5.41) is 9.65. The summed E-state index contributed by atoms with van der Waals surface area (Å²) < 4.78 is 20.2. The van der Waals surface area contributed by atoms with Crippen molar-refractivity contribution < 1.29 is 19.0 Å². The molecule has 178 valence electrons. The van der Waals surface area contributed by atoms with Gasteiger partial charge in [-0.15, -0.1) is 0 Å². The van der Waals surface area contributed by atoms with Crippen LogP contribution in [0, 0.1) is 11.7 Å². The van der Waals surface area contributed by atoms with Crippen LogP contribution in [0.1, 0.15) is 60.8 Å². The van der Waals surface area contributed by atoms with Gasteiger partial charge >= 0.3 is 5.97 Å². The summed E-state index contributed by atoms with van der Waals surface area (Å²) in [6, 6.07) is 22.7. The van der Waals surface area contributed by atoms with E-state index in [0.29, 0.717) is 12.5 Å². The Morgan fingerprint density at radius 3 is 2.51 bits per heavy atom. The molecule has 35 heavy (non-hydrogen) atoms. The topological polar surface area (TPSA) is 46.5 Å². The van der Waals surface area contributed by atoms with Crippen LogP contribution in [-0.2, 0) is 11.4 Å². The first-order valence-electron chi connectivity index (χ1n) is 12.3. The van der Waals surface area contributed by atoms with E-state index in [4.69, 9.17) is 4.74 Å². The number of fused-ring (bicyclic) bond motifs is 1. The quantitative estimate of drug-likeness (QED) is 0.367. The van der Waals surface area contributed by atoms with Gasteiger partial charge in [-0.1, -0.05) is 68.1 Å². The number of hydrogen-bond donors (Lipinski definition) is 1. The second-order valence-corrected chi connectivity index (χ2v) is 9.48. The molecular formula is C31H29FO3. The van der Waals surface area contributed by atoms with Crippen molar-refractivity contribution in [2.45, 2.75) is 45.1 Å². The standard InChI is InChI=1S/C31H29FO3/c32-24-13-14-26-27(17-22-9-6-10-23(15-22)20-35-25-11-2-1-3-12-25)28(16-21-7-4-5-8-21)30(19-31(33)34)29(26)18-24/h1-3,6,9-15,17-18,21H,4-5,7-8,16,19-20H2,(H,33,34)/b27-17+. The maximum atomic E-state index is 14.2. The highest BCUT2D eigenvalue weighted by molar-refractivity contribution is 6.07. The summed E-state index contributed by atoms with van der Waals surface area (Å²) in [4.78, 5) is 11.8. The van der Waals surface area contributed by atoms with E-state index in [0.717, 1.165) is 64.0 Å². The lowest BCUT2D eigenvalue weighted by Gasteiger charge is -2.15. The van der Waals surface area contributed by atoms with Gasteiger partial charge in [-0.2, -0.15) is 0 Å². The van der Waals surface area contributed by atoms with Crippen LogP contribution in [0.4, 0.5) is 4.39 Å². The van der Waals surface area contributed by atoms with Crippen molar-refractivity contribution >= 4 is 23.2 Å². The molecule has 0 atom stereocenters. The zero-order valence-electron chi connectivity index (χ0n) is 19.7. The number of allylic oxidation sites excluding steroid dienone is 2. The van der Waals surface area contributed by atoms with E-state index in [1.807, 2.05) is 48.5 Å². The Labute approximate surface area is 205 Å². The fourth-order valence-corrected chi connectivity index (χ4v) is 5.37. The van der Waals surface area contributed by atoms with Crippen LogP contribution >= 0.6 is 0 Å². The molecule has 0 heterocycles. The monoisotopic (exact) mass is 468 g/mol. The summed E-state index contributed by atoms with van der Waals surface area (Å²) in [6.45, 7) is 0.456. The molecule has 2 aliphatic carbocycles. The maximum absolute atomic E-state index is 14.2. The Morgan fingerprint density at radius 1 is 0.943 bits per heavy atom. The lowest BCUT2D eigenvalue weighted by atomic mass is 9.90. The number of carbonyl (C=O) groups is 1. The molecule has 1 fully saturated rings. The van der Waals surface area contributed by atoms with E-state index in [1.165, 1.54) is 25.0 Å². The molecule has 2 aliphatic rings. The number of carboxylic acids is 1. The second kappa shape index (κ2) is 10.3. The third-order valence-corrected chi connectivity index (χ3v) is 6.99. The van der Waals surface area contributed by atoms with Gasteiger partial charge in [-0.05, 0) is 87.7 Å². The molecule has 1 N–H and O–H groups in total. The van der Waals surface area contributed by atoms with Gasteiger partial charge < -0.3 is 9.84 Å². The number of para-hydroxylation sites is 1. The second-order valence-electron chi connectivity index (χ2n) is 9.48. The zero-order chi connectivity index (χ0) is 24.2. The number of aliphatic carboxylic acids is 1. The molecule has 0 aromatic heterocycles. The third-order valence-electron chi connectivity index (χ3n) is 6.99. The largest absolute Gasteiger partial charge is 0.489 e. The van der Waals surface area contributed by atoms with Crippen molar-refractivity contribution in [3.8, 4) is 5.75 Å². The highest BCUT2D eigenvalue weighted by atomic mass is 19.1. The molecule has 4 heteroatoms. The molecule has 0 saturated heterocycles. The van der Waals surface area contributed by atoms with Gasteiger partial charge in [-0.25, -0.2) is 4.39 Å². The number of benzene rings is 3. The first-order valence-corrected chi connectivity index (χ1v) is 12.3. The van der Waals surface area contributed by atoms with Gasteiger partial charge in [-0.3, -0.25) is 4.79 Å². The zero-order valence-corrected chi connectivity index (χ0v) is 19.7. The summed E-state index contributed by atoms with van der Waals surface area (Å²) in [7, 11) is 0.